The maximum absolute atomic E-state index is 14.9. The van der Waals surface area contributed by atoms with Crippen LogP contribution >= 0.6 is 0 Å². The van der Waals surface area contributed by atoms with Gasteiger partial charge in [0.1, 0.15) is 22.9 Å². The summed E-state index contributed by atoms with van der Waals surface area (Å²) in [7, 11) is 1.72. The van der Waals surface area contributed by atoms with Crippen molar-refractivity contribution in [3.8, 4) is 17.2 Å². The second-order valence-electron chi connectivity index (χ2n) is 5.89. The quantitative estimate of drug-likeness (QED) is 0.650. The highest BCUT2D eigenvalue weighted by atomic mass is 19.1. The van der Waals surface area contributed by atoms with Crippen LogP contribution < -0.4 is 5.32 Å². The van der Waals surface area contributed by atoms with Gasteiger partial charge in [-0.05, 0) is 48.4 Å². The average molecular weight is 371 g/mol. The SMILES string of the molecule is C=CC(=N/C=C\C)c1nc(NC)c2cc(-c3ccc(C#N)cc3)cc(F)c2n1. The molecular weight excluding hydrogens is 353 g/mol. The molecule has 5 nitrogen and oxygen atoms in total. The minimum absolute atomic E-state index is 0.196. The van der Waals surface area contributed by atoms with Crippen molar-refractivity contribution >= 4 is 22.4 Å². The lowest BCUT2D eigenvalue weighted by atomic mass is 10.0. The second-order valence-corrected chi connectivity index (χ2v) is 5.89. The van der Waals surface area contributed by atoms with Gasteiger partial charge in [0.15, 0.2) is 5.82 Å². The van der Waals surface area contributed by atoms with Gasteiger partial charge >= 0.3 is 0 Å². The molecule has 1 aromatic heterocycles. The number of nitrogens with one attached hydrogen (secondary N) is 1. The number of hydrogen-bond acceptors (Lipinski definition) is 5. The molecule has 0 aliphatic carbocycles. The molecule has 0 saturated heterocycles. The zero-order valence-electron chi connectivity index (χ0n) is 15.6. The molecule has 1 N–H and O–H groups in total. The maximum Gasteiger partial charge on any atom is 0.180 e. The van der Waals surface area contributed by atoms with E-state index in [1.54, 1.807) is 43.6 Å². The van der Waals surface area contributed by atoms with E-state index in [1.807, 2.05) is 13.0 Å². The van der Waals surface area contributed by atoms with E-state index in [2.05, 4.69) is 32.9 Å². The summed E-state index contributed by atoms with van der Waals surface area (Å²) in [6.07, 6.45) is 4.91. The summed E-state index contributed by atoms with van der Waals surface area (Å²) in [6, 6.07) is 12.3. The van der Waals surface area contributed by atoms with Crippen molar-refractivity contribution < 1.29 is 4.39 Å². The fraction of sp³-hybridized carbons (Fsp3) is 0.0909. The van der Waals surface area contributed by atoms with E-state index in [-0.39, 0.29) is 11.3 Å². The Bertz CT molecular complexity index is 1140. The number of aliphatic imine (C=N–C) groups is 1. The van der Waals surface area contributed by atoms with Crippen LogP contribution in [-0.4, -0.2) is 22.7 Å². The molecule has 3 aromatic rings. The number of nitriles is 1. The minimum atomic E-state index is -0.466. The predicted molar refractivity (Wildman–Crippen MR) is 111 cm³/mol. The van der Waals surface area contributed by atoms with Gasteiger partial charge in [0.05, 0.1) is 11.6 Å². The number of halogens is 1. The number of fused-ring (bicyclic) bond motifs is 1. The highest BCUT2D eigenvalue weighted by Gasteiger charge is 2.15. The van der Waals surface area contributed by atoms with Crippen LogP contribution in [0.1, 0.15) is 18.3 Å². The van der Waals surface area contributed by atoms with E-state index in [9.17, 15) is 4.39 Å². The van der Waals surface area contributed by atoms with Crippen LogP contribution in [0.25, 0.3) is 22.0 Å². The standard InChI is InChI=1S/C22H18FN5/c1-4-10-26-19(5-2)22-27-20-17(21(25-3)28-22)11-16(12-18(20)23)15-8-6-14(13-24)7-9-15/h4-12H,2H2,1,3H3,(H,25,27,28)/b10-4-,26-19?. The Morgan fingerprint density at radius 3 is 2.57 bits per heavy atom. The van der Waals surface area contributed by atoms with Crippen molar-refractivity contribution in [1.82, 2.24) is 9.97 Å². The Kier molecular flexibility index (Phi) is 5.56. The first-order valence-corrected chi connectivity index (χ1v) is 8.62. The third-order valence-electron chi connectivity index (χ3n) is 4.12. The molecular formula is C22H18FN5. The van der Waals surface area contributed by atoms with E-state index in [1.165, 1.54) is 12.1 Å². The lowest BCUT2D eigenvalue weighted by molar-refractivity contribution is 0.637. The van der Waals surface area contributed by atoms with Gasteiger partial charge in [-0.2, -0.15) is 5.26 Å². The van der Waals surface area contributed by atoms with Crippen molar-refractivity contribution in [2.24, 2.45) is 4.99 Å². The topological polar surface area (TPSA) is 74.0 Å². The molecule has 0 bridgehead atoms. The summed E-state index contributed by atoms with van der Waals surface area (Å²) in [6.45, 7) is 5.58. The van der Waals surface area contributed by atoms with Gasteiger partial charge in [0, 0.05) is 18.6 Å². The van der Waals surface area contributed by atoms with Crippen LogP contribution in [0.4, 0.5) is 10.2 Å². The molecule has 0 atom stereocenters. The molecule has 6 heteroatoms. The zero-order valence-corrected chi connectivity index (χ0v) is 15.6. The number of hydrogen-bond donors (Lipinski definition) is 1. The summed E-state index contributed by atoms with van der Waals surface area (Å²) in [5.41, 5.74) is 2.67. The van der Waals surface area contributed by atoms with Gasteiger partial charge in [-0.3, -0.25) is 4.99 Å². The third-order valence-corrected chi connectivity index (χ3v) is 4.12. The fourth-order valence-electron chi connectivity index (χ4n) is 2.76. The van der Waals surface area contributed by atoms with Crippen molar-refractivity contribution in [1.29, 1.82) is 5.26 Å². The highest BCUT2D eigenvalue weighted by molar-refractivity contribution is 6.08. The van der Waals surface area contributed by atoms with Crippen LogP contribution in [0.3, 0.4) is 0 Å². The summed E-state index contributed by atoms with van der Waals surface area (Å²) in [4.78, 5) is 13.1. The molecule has 138 valence electrons. The summed E-state index contributed by atoms with van der Waals surface area (Å²) >= 11 is 0. The van der Waals surface area contributed by atoms with Gasteiger partial charge in [0.2, 0.25) is 0 Å². The number of allylic oxidation sites excluding steroid dienone is 2. The minimum Gasteiger partial charge on any atom is -0.373 e. The molecule has 0 aliphatic heterocycles. The van der Waals surface area contributed by atoms with Gasteiger partial charge in [-0.15, -0.1) is 0 Å². The van der Waals surface area contributed by atoms with Crippen molar-refractivity contribution in [3.63, 3.8) is 0 Å². The number of anilines is 1. The van der Waals surface area contributed by atoms with Crippen molar-refractivity contribution in [2.75, 3.05) is 12.4 Å². The monoisotopic (exact) mass is 371 g/mol. The molecule has 0 aliphatic rings. The molecule has 28 heavy (non-hydrogen) atoms. The number of rotatable bonds is 5. The van der Waals surface area contributed by atoms with Gasteiger partial charge in [-0.25, -0.2) is 14.4 Å². The molecule has 0 radical (unpaired) electrons. The van der Waals surface area contributed by atoms with E-state index in [4.69, 9.17) is 5.26 Å². The van der Waals surface area contributed by atoms with Crippen LogP contribution in [0, 0.1) is 17.1 Å². The first-order chi connectivity index (χ1) is 13.6. The lowest BCUT2D eigenvalue weighted by Crippen LogP contribution is -2.08. The molecule has 2 aromatic carbocycles. The van der Waals surface area contributed by atoms with E-state index in [0.29, 0.717) is 28.0 Å². The Hall–Kier alpha value is -3.85. The predicted octanol–water partition coefficient (Wildman–Crippen LogP) is 4.86. The molecule has 0 saturated carbocycles. The molecule has 0 unspecified atom stereocenters. The van der Waals surface area contributed by atoms with Gasteiger partial charge in [0.25, 0.3) is 0 Å². The molecule has 0 amide bonds. The Morgan fingerprint density at radius 1 is 1.21 bits per heavy atom. The van der Waals surface area contributed by atoms with Crippen molar-refractivity contribution in [2.45, 2.75) is 6.92 Å². The normalized spacial score (nSPS) is 11.6. The van der Waals surface area contributed by atoms with E-state index < -0.39 is 5.82 Å². The van der Waals surface area contributed by atoms with Crippen LogP contribution in [0.2, 0.25) is 0 Å². The third kappa shape index (κ3) is 3.64. The Balaban J connectivity index is 2.20. The van der Waals surface area contributed by atoms with Crippen LogP contribution in [0.5, 0.6) is 0 Å². The fourth-order valence-corrected chi connectivity index (χ4v) is 2.76. The molecule has 0 fully saturated rings. The van der Waals surface area contributed by atoms with Gasteiger partial charge < -0.3 is 5.32 Å². The van der Waals surface area contributed by atoms with E-state index in [0.717, 1.165) is 5.56 Å². The maximum atomic E-state index is 14.9. The van der Waals surface area contributed by atoms with Gasteiger partial charge in [-0.1, -0.05) is 24.8 Å². The molecule has 1 heterocycles. The zero-order chi connectivity index (χ0) is 20.1. The summed E-state index contributed by atoms with van der Waals surface area (Å²) in [5, 5.41) is 12.5. The first-order valence-electron chi connectivity index (χ1n) is 8.62. The Morgan fingerprint density at radius 2 is 1.96 bits per heavy atom. The first kappa shape index (κ1) is 18.9. The van der Waals surface area contributed by atoms with E-state index >= 15 is 0 Å². The van der Waals surface area contributed by atoms with Crippen molar-refractivity contribution in [3.05, 3.63) is 78.5 Å². The summed E-state index contributed by atoms with van der Waals surface area (Å²) in [5.74, 6) is 0.311. The largest absolute Gasteiger partial charge is 0.373 e. The smallest absolute Gasteiger partial charge is 0.180 e. The number of benzene rings is 2. The number of nitrogens with zero attached hydrogens (tertiary/aromatic N) is 4. The van der Waals surface area contributed by atoms with Crippen LogP contribution in [-0.2, 0) is 0 Å². The average Bonchev–Trinajstić information content (AvgIpc) is 2.74. The van der Waals surface area contributed by atoms with Crippen LogP contribution in [0.15, 0.2) is 66.3 Å². The highest BCUT2D eigenvalue weighted by Crippen LogP contribution is 2.30. The lowest BCUT2D eigenvalue weighted by Gasteiger charge is -2.11. The molecule has 0 spiro atoms. The summed E-state index contributed by atoms with van der Waals surface area (Å²) < 4.78 is 14.9. The number of aromatic nitrogens is 2. The Labute approximate surface area is 162 Å². The molecule has 3 rings (SSSR count). The second kappa shape index (κ2) is 8.23.